The van der Waals surface area contributed by atoms with Crippen LogP contribution in [0.5, 0.6) is 0 Å². The number of aromatic amines is 1. The standard InChI is InChI=1S/C15H12N2O2S/c1-9-10-4-2-3-5-13(10)20-14(9)15(19)17-11-8-16-7-6-12(11)18/h2-8H,1H3,(H,16,18)(H,17,19). The van der Waals surface area contributed by atoms with E-state index < -0.39 is 0 Å². The van der Waals surface area contributed by atoms with Gasteiger partial charge in [0.1, 0.15) is 5.69 Å². The van der Waals surface area contributed by atoms with E-state index in [1.807, 2.05) is 31.2 Å². The average molecular weight is 284 g/mol. The fourth-order valence-corrected chi connectivity index (χ4v) is 3.19. The van der Waals surface area contributed by atoms with Gasteiger partial charge < -0.3 is 10.3 Å². The average Bonchev–Trinajstić information content (AvgIpc) is 2.79. The summed E-state index contributed by atoms with van der Waals surface area (Å²) in [7, 11) is 0. The van der Waals surface area contributed by atoms with Gasteiger partial charge >= 0.3 is 0 Å². The van der Waals surface area contributed by atoms with E-state index in [1.165, 1.54) is 29.8 Å². The van der Waals surface area contributed by atoms with Crippen LogP contribution in [0.3, 0.4) is 0 Å². The molecule has 0 aliphatic carbocycles. The molecule has 2 aromatic heterocycles. The Bertz CT molecular complexity index is 848. The zero-order chi connectivity index (χ0) is 14.1. The summed E-state index contributed by atoms with van der Waals surface area (Å²) >= 11 is 1.43. The van der Waals surface area contributed by atoms with Crippen molar-refractivity contribution in [2.24, 2.45) is 0 Å². The van der Waals surface area contributed by atoms with Crippen molar-refractivity contribution in [3.63, 3.8) is 0 Å². The highest BCUT2D eigenvalue weighted by atomic mass is 32.1. The summed E-state index contributed by atoms with van der Waals surface area (Å²) < 4.78 is 1.07. The molecule has 0 atom stereocenters. The number of rotatable bonds is 2. The monoisotopic (exact) mass is 284 g/mol. The number of amides is 1. The number of carbonyl (C=O) groups is 1. The van der Waals surface area contributed by atoms with Crippen LogP contribution in [0, 0.1) is 6.92 Å². The van der Waals surface area contributed by atoms with E-state index in [0.717, 1.165) is 15.6 Å². The highest BCUT2D eigenvalue weighted by molar-refractivity contribution is 7.21. The molecule has 2 heterocycles. The normalized spacial score (nSPS) is 10.7. The van der Waals surface area contributed by atoms with Gasteiger partial charge in [0, 0.05) is 23.2 Å². The molecular weight excluding hydrogens is 272 g/mol. The lowest BCUT2D eigenvalue weighted by Gasteiger charge is -2.02. The topological polar surface area (TPSA) is 62.0 Å². The van der Waals surface area contributed by atoms with E-state index in [0.29, 0.717) is 4.88 Å². The van der Waals surface area contributed by atoms with Gasteiger partial charge in [-0.2, -0.15) is 0 Å². The Morgan fingerprint density at radius 3 is 2.80 bits per heavy atom. The minimum absolute atomic E-state index is 0.212. The number of hydrogen-bond donors (Lipinski definition) is 2. The Labute approximate surface area is 119 Å². The fourth-order valence-electron chi connectivity index (χ4n) is 2.08. The van der Waals surface area contributed by atoms with Gasteiger partial charge in [-0.15, -0.1) is 11.3 Å². The summed E-state index contributed by atoms with van der Waals surface area (Å²) in [6.45, 7) is 1.92. The Balaban J connectivity index is 1.99. The summed E-state index contributed by atoms with van der Waals surface area (Å²) in [6, 6.07) is 9.26. The quantitative estimate of drug-likeness (QED) is 0.759. The third-order valence-corrected chi connectivity index (χ3v) is 4.39. The molecule has 100 valence electrons. The van der Waals surface area contributed by atoms with E-state index >= 15 is 0 Å². The third-order valence-electron chi connectivity index (χ3n) is 3.12. The lowest BCUT2D eigenvalue weighted by atomic mass is 10.1. The molecule has 0 unspecified atom stereocenters. The Kier molecular flexibility index (Phi) is 3.12. The van der Waals surface area contributed by atoms with Crippen molar-refractivity contribution in [2.75, 3.05) is 5.32 Å². The number of H-pyrrole nitrogens is 1. The van der Waals surface area contributed by atoms with Crippen molar-refractivity contribution in [1.82, 2.24) is 4.98 Å². The van der Waals surface area contributed by atoms with E-state index in [-0.39, 0.29) is 17.0 Å². The summed E-state index contributed by atoms with van der Waals surface area (Å²) in [5.41, 5.74) is 0.987. The van der Waals surface area contributed by atoms with Crippen LogP contribution in [0.1, 0.15) is 15.2 Å². The second-order valence-electron chi connectivity index (χ2n) is 4.43. The molecule has 0 saturated carbocycles. The van der Waals surface area contributed by atoms with Crippen LogP contribution in [0.2, 0.25) is 0 Å². The van der Waals surface area contributed by atoms with E-state index in [4.69, 9.17) is 0 Å². The van der Waals surface area contributed by atoms with Crippen LogP contribution in [0.25, 0.3) is 10.1 Å². The molecule has 1 aromatic carbocycles. The van der Waals surface area contributed by atoms with Crippen molar-refractivity contribution < 1.29 is 4.79 Å². The molecule has 0 fully saturated rings. The minimum atomic E-state index is -0.250. The summed E-state index contributed by atoms with van der Waals surface area (Å²) in [5, 5.41) is 3.73. The van der Waals surface area contributed by atoms with Gasteiger partial charge in [-0.1, -0.05) is 18.2 Å². The predicted octanol–water partition coefficient (Wildman–Crippen LogP) is 3.15. The molecule has 0 saturated heterocycles. The molecule has 0 aliphatic rings. The number of benzene rings is 1. The van der Waals surface area contributed by atoms with Gasteiger partial charge in [0.05, 0.1) is 4.88 Å². The van der Waals surface area contributed by atoms with Gasteiger partial charge in [0.25, 0.3) is 5.91 Å². The molecule has 2 N–H and O–H groups in total. The molecule has 4 nitrogen and oxygen atoms in total. The van der Waals surface area contributed by atoms with Crippen molar-refractivity contribution in [1.29, 1.82) is 0 Å². The largest absolute Gasteiger partial charge is 0.366 e. The molecule has 5 heteroatoms. The lowest BCUT2D eigenvalue weighted by Crippen LogP contribution is -2.17. The van der Waals surface area contributed by atoms with Crippen LogP contribution < -0.4 is 10.7 Å². The molecular formula is C15H12N2O2S. The second-order valence-corrected chi connectivity index (χ2v) is 5.48. The van der Waals surface area contributed by atoms with Crippen molar-refractivity contribution in [3.8, 4) is 0 Å². The van der Waals surface area contributed by atoms with Crippen LogP contribution in [-0.4, -0.2) is 10.9 Å². The molecule has 0 bridgehead atoms. The molecule has 3 rings (SSSR count). The van der Waals surface area contributed by atoms with E-state index in [1.54, 1.807) is 0 Å². The molecule has 3 aromatic rings. The van der Waals surface area contributed by atoms with Gasteiger partial charge in [-0.25, -0.2) is 0 Å². The molecule has 0 aliphatic heterocycles. The zero-order valence-electron chi connectivity index (χ0n) is 10.8. The number of thiophene rings is 1. The first-order valence-electron chi connectivity index (χ1n) is 6.13. The van der Waals surface area contributed by atoms with Crippen LogP contribution in [0.15, 0.2) is 47.5 Å². The van der Waals surface area contributed by atoms with Crippen molar-refractivity contribution in [2.45, 2.75) is 6.92 Å². The van der Waals surface area contributed by atoms with Gasteiger partial charge in [0.2, 0.25) is 5.43 Å². The maximum atomic E-state index is 12.3. The number of aryl methyl sites for hydroxylation is 1. The van der Waals surface area contributed by atoms with Crippen LogP contribution >= 0.6 is 11.3 Å². The van der Waals surface area contributed by atoms with Crippen molar-refractivity contribution >= 4 is 33.0 Å². The SMILES string of the molecule is Cc1c(C(=O)Nc2c[nH]ccc2=O)sc2ccccc12. The highest BCUT2D eigenvalue weighted by Crippen LogP contribution is 2.30. The summed E-state index contributed by atoms with van der Waals surface area (Å²) in [6.07, 6.45) is 3.02. The van der Waals surface area contributed by atoms with Crippen molar-refractivity contribution in [3.05, 3.63) is 63.4 Å². The molecule has 1 amide bonds. The Hall–Kier alpha value is -2.40. The first-order valence-corrected chi connectivity index (χ1v) is 6.95. The van der Waals surface area contributed by atoms with Gasteiger partial charge in [0.15, 0.2) is 0 Å². The first kappa shape index (κ1) is 12.6. The third kappa shape index (κ3) is 2.12. The molecule has 0 radical (unpaired) electrons. The minimum Gasteiger partial charge on any atom is -0.366 e. The number of anilines is 1. The maximum Gasteiger partial charge on any atom is 0.266 e. The smallest absolute Gasteiger partial charge is 0.266 e. The maximum absolute atomic E-state index is 12.3. The zero-order valence-corrected chi connectivity index (χ0v) is 11.6. The first-order chi connectivity index (χ1) is 9.66. The Morgan fingerprint density at radius 2 is 2.05 bits per heavy atom. The number of carbonyl (C=O) groups excluding carboxylic acids is 1. The Morgan fingerprint density at radius 1 is 1.25 bits per heavy atom. The van der Waals surface area contributed by atoms with Gasteiger partial charge in [-0.05, 0) is 23.9 Å². The summed E-state index contributed by atoms with van der Waals surface area (Å²) in [5.74, 6) is -0.250. The highest BCUT2D eigenvalue weighted by Gasteiger charge is 2.16. The second kappa shape index (κ2) is 4.94. The molecule has 20 heavy (non-hydrogen) atoms. The van der Waals surface area contributed by atoms with E-state index in [2.05, 4.69) is 10.3 Å². The number of aromatic nitrogens is 1. The molecule has 0 spiro atoms. The van der Waals surface area contributed by atoms with Gasteiger partial charge in [-0.3, -0.25) is 9.59 Å². The fraction of sp³-hybridized carbons (Fsp3) is 0.0667. The van der Waals surface area contributed by atoms with Crippen LogP contribution in [0.4, 0.5) is 5.69 Å². The summed E-state index contributed by atoms with van der Waals surface area (Å²) in [4.78, 5) is 27.3. The number of fused-ring (bicyclic) bond motifs is 1. The number of pyridine rings is 1. The number of nitrogens with one attached hydrogen (secondary N) is 2. The predicted molar refractivity (Wildman–Crippen MR) is 81.6 cm³/mol. The number of hydrogen-bond acceptors (Lipinski definition) is 3. The lowest BCUT2D eigenvalue weighted by molar-refractivity contribution is 0.103. The van der Waals surface area contributed by atoms with E-state index in [9.17, 15) is 9.59 Å². The van der Waals surface area contributed by atoms with Crippen LogP contribution in [-0.2, 0) is 0 Å².